The zero-order valence-electron chi connectivity index (χ0n) is 16.3. The van der Waals surface area contributed by atoms with Gasteiger partial charge in [-0.2, -0.15) is 0 Å². The molecule has 0 aliphatic carbocycles. The van der Waals surface area contributed by atoms with Crippen molar-refractivity contribution in [1.82, 2.24) is 4.72 Å². The molecule has 0 spiro atoms. The van der Waals surface area contributed by atoms with E-state index in [1.54, 1.807) is 30.3 Å². The first-order valence-corrected chi connectivity index (χ1v) is 11.9. The van der Waals surface area contributed by atoms with Gasteiger partial charge >= 0.3 is 0 Å². The Kier molecular flexibility index (Phi) is 6.03. The summed E-state index contributed by atoms with van der Waals surface area (Å²) in [7, 11) is -4.96. The number of hydrogen-bond acceptors (Lipinski definition) is 3. The normalized spacial score (nSPS) is 14.7. The van der Waals surface area contributed by atoms with Gasteiger partial charge in [-0.05, 0) is 55.3 Å². The standard InChI is InChI=1S/C22H25NO3S2/c1-22(2,3)27(24)23-21(16-28(25,26)20-11-5-4-6-12-20)19-14-13-17-9-7-8-10-18(17)15-19/h4-15,21,23H,16H2,1-3H3/t21-,27-/m0/s1. The van der Waals surface area contributed by atoms with Crippen molar-refractivity contribution in [3.8, 4) is 0 Å². The molecule has 3 rings (SSSR count). The van der Waals surface area contributed by atoms with E-state index in [0.717, 1.165) is 16.3 Å². The number of nitrogens with one attached hydrogen (secondary N) is 1. The maximum Gasteiger partial charge on any atom is 0.180 e. The molecule has 0 unspecified atom stereocenters. The number of sulfone groups is 1. The Morgan fingerprint density at radius 1 is 0.893 bits per heavy atom. The Hall–Kier alpha value is -2.02. The molecule has 0 aliphatic rings. The number of rotatable bonds is 6. The first kappa shape index (κ1) is 20.7. The lowest BCUT2D eigenvalue weighted by Gasteiger charge is -2.25. The van der Waals surface area contributed by atoms with Gasteiger partial charge in [-0.3, -0.25) is 0 Å². The van der Waals surface area contributed by atoms with Crippen LogP contribution in [-0.2, 0) is 20.8 Å². The molecule has 3 aromatic rings. The largest absolute Gasteiger partial charge is 0.242 e. The average Bonchev–Trinajstić information content (AvgIpc) is 2.67. The summed E-state index contributed by atoms with van der Waals surface area (Å²) in [5, 5.41) is 2.10. The van der Waals surface area contributed by atoms with Crippen LogP contribution in [0, 0.1) is 0 Å². The monoisotopic (exact) mass is 415 g/mol. The van der Waals surface area contributed by atoms with Crippen LogP contribution in [0.25, 0.3) is 10.8 Å². The topological polar surface area (TPSA) is 63.2 Å². The highest BCUT2D eigenvalue weighted by Gasteiger charge is 2.28. The van der Waals surface area contributed by atoms with E-state index < -0.39 is 31.6 Å². The second kappa shape index (κ2) is 8.15. The van der Waals surface area contributed by atoms with Crippen LogP contribution in [0.4, 0.5) is 0 Å². The predicted octanol–water partition coefficient (Wildman–Crippen LogP) is 4.41. The molecule has 0 radical (unpaired) electrons. The van der Waals surface area contributed by atoms with Crippen LogP contribution in [-0.4, -0.2) is 23.1 Å². The molecule has 4 nitrogen and oxygen atoms in total. The molecule has 0 saturated heterocycles. The molecule has 28 heavy (non-hydrogen) atoms. The van der Waals surface area contributed by atoms with Crippen molar-refractivity contribution >= 4 is 31.6 Å². The maximum absolute atomic E-state index is 13.0. The van der Waals surface area contributed by atoms with E-state index in [9.17, 15) is 12.6 Å². The van der Waals surface area contributed by atoms with Crippen LogP contribution in [0.15, 0.2) is 77.7 Å². The van der Waals surface area contributed by atoms with E-state index in [-0.39, 0.29) is 10.6 Å². The lowest BCUT2D eigenvalue weighted by molar-refractivity contribution is 0.579. The van der Waals surface area contributed by atoms with Crippen molar-refractivity contribution in [1.29, 1.82) is 0 Å². The first-order chi connectivity index (χ1) is 13.2. The first-order valence-electron chi connectivity index (χ1n) is 9.11. The van der Waals surface area contributed by atoms with Gasteiger partial charge < -0.3 is 0 Å². The van der Waals surface area contributed by atoms with Crippen molar-refractivity contribution in [2.45, 2.75) is 36.5 Å². The Bertz CT molecular complexity index is 1090. The summed E-state index contributed by atoms with van der Waals surface area (Å²) < 4.78 is 41.2. The number of hydrogen-bond donors (Lipinski definition) is 1. The van der Waals surface area contributed by atoms with Gasteiger partial charge in [-0.1, -0.05) is 54.6 Å². The Balaban J connectivity index is 2.00. The molecule has 1 N–H and O–H groups in total. The van der Waals surface area contributed by atoms with E-state index in [1.165, 1.54) is 0 Å². The zero-order valence-corrected chi connectivity index (χ0v) is 17.9. The molecule has 2 atom stereocenters. The summed E-state index contributed by atoms with van der Waals surface area (Å²) in [4.78, 5) is 0.268. The van der Waals surface area contributed by atoms with Gasteiger partial charge in [0.2, 0.25) is 0 Å². The smallest absolute Gasteiger partial charge is 0.180 e. The van der Waals surface area contributed by atoms with Crippen molar-refractivity contribution in [2.24, 2.45) is 0 Å². The Morgan fingerprint density at radius 2 is 1.50 bits per heavy atom. The lowest BCUT2D eigenvalue weighted by atomic mass is 10.0. The zero-order chi connectivity index (χ0) is 20.4. The van der Waals surface area contributed by atoms with Crippen LogP contribution in [0.1, 0.15) is 32.4 Å². The van der Waals surface area contributed by atoms with Crippen molar-refractivity contribution in [3.05, 3.63) is 78.4 Å². The van der Waals surface area contributed by atoms with Crippen molar-refractivity contribution < 1.29 is 12.6 Å². The van der Waals surface area contributed by atoms with Crippen LogP contribution >= 0.6 is 0 Å². The quantitative estimate of drug-likeness (QED) is 0.649. The highest BCUT2D eigenvalue weighted by atomic mass is 32.2. The second-order valence-corrected chi connectivity index (χ2v) is 11.8. The predicted molar refractivity (Wildman–Crippen MR) is 116 cm³/mol. The van der Waals surface area contributed by atoms with Gasteiger partial charge in [0, 0.05) is 0 Å². The van der Waals surface area contributed by atoms with Crippen LogP contribution < -0.4 is 4.72 Å². The summed E-state index contributed by atoms with van der Waals surface area (Å²) in [6.07, 6.45) is 0. The summed E-state index contributed by atoms with van der Waals surface area (Å²) in [6.45, 7) is 5.58. The fourth-order valence-corrected chi connectivity index (χ4v) is 5.29. The highest BCUT2D eigenvalue weighted by molar-refractivity contribution is 7.91. The highest BCUT2D eigenvalue weighted by Crippen LogP contribution is 2.25. The maximum atomic E-state index is 13.0. The van der Waals surface area contributed by atoms with Crippen LogP contribution in [0.3, 0.4) is 0 Å². The van der Waals surface area contributed by atoms with Crippen LogP contribution in [0.5, 0.6) is 0 Å². The van der Waals surface area contributed by atoms with Gasteiger partial charge in [0.05, 0.1) is 32.4 Å². The van der Waals surface area contributed by atoms with E-state index >= 15 is 0 Å². The molecule has 6 heteroatoms. The van der Waals surface area contributed by atoms with Crippen LogP contribution in [0.2, 0.25) is 0 Å². The molecule has 0 aliphatic heterocycles. The average molecular weight is 416 g/mol. The number of fused-ring (bicyclic) bond motifs is 1. The molecule has 0 fully saturated rings. The molecule has 0 aromatic heterocycles. The summed E-state index contributed by atoms with van der Waals surface area (Å²) >= 11 is 0. The molecular weight excluding hydrogens is 390 g/mol. The third-order valence-corrected chi connectivity index (χ3v) is 7.84. The third-order valence-electron chi connectivity index (χ3n) is 4.47. The van der Waals surface area contributed by atoms with Crippen molar-refractivity contribution in [2.75, 3.05) is 5.75 Å². The molecule has 0 bridgehead atoms. The minimum atomic E-state index is -3.55. The molecule has 0 saturated carbocycles. The van der Waals surface area contributed by atoms with E-state index in [1.807, 2.05) is 63.2 Å². The summed E-state index contributed by atoms with van der Waals surface area (Å²) in [5.74, 6) is -0.169. The molecule has 0 amide bonds. The van der Waals surface area contributed by atoms with E-state index in [2.05, 4.69) is 4.72 Å². The van der Waals surface area contributed by atoms with Gasteiger partial charge in [-0.25, -0.2) is 17.3 Å². The molecular formula is C22H25NO3S2. The number of benzene rings is 3. The SMILES string of the molecule is CC(C)(C)[S@](=O)N[C@@H](CS(=O)(=O)c1ccccc1)c1ccc2ccccc2c1. The lowest BCUT2D eigenvalue weighted by Crippen LogP contribution is -2.38. The Morgan fingerprint density at radius 3 is 2.14 bits per heavy atom. The summed E-state index contributed by atoms with van der Waals surface area (Å²) in [5.41, 5.74) is 0.802. The molecule has 148 valence electrons. The van der Waals surface area contributed by atoms with E-state index in [0.29, 0.717) is 0 Å². The molecule has 0 heterocycles. The second-order valence-electron chi connectivity index (χ2n) is 7.75. The van der Waals surface area contributed by atoms with Gasteiger partial charge in [0.1, 0.15) is 0 Å². The van der Waals surface area contributed by atoms with E-state index in [4.69, 9.17) is 0 Å². The van der Waals surface area contributed by atoms with Gasteiger partial charge in [0.25, 0.3) is 0 Å². The minimum Gasteiger partial charge on any atom is -0.242 e. The third kappa shape index (κ3) is 4.87. The van der Waals surface area contributed by atoms with Crippen molar-refractivity contribution in [3.63, 3.8) is 0 Å². The minimum absolute atomic E-state index is 0.169. The Labute approximate surface area is 169 Å². The van der Waals surface area contributed by atoms with Gasteiger partial charge in [0.15, 0.2) is 9.84 Å². The fourth-order valence-electron chi connectivity index (χ4n) is 2.87. The van der Waals surface area contributed by atoms with Gasteiger partial charge in [-0.15, -0.1) is 0 Å². The molecule has 3 aromatic carbocycles. The summed E-state index contributed by atoms with van der Waals surface area (Å²) in [6, 6.07) is 21.5. The fraction of sp³-hybridized carbons (Fsp3) is 0.273.